The largest absolute Gasteiger partial charge is 0.484 e. The van der Waals surface area contributed by atoms with Gasteiger partial charge in [0.25, 0.3) is 0 Å². The number of hydrogen-bond acceptors (Lipinski definition) is 15. The Hall–Kier alpha value is -9.72. The van der Waals surface area contributed by atoms with E-state index in [2.05, 4.69) is 47.0 Å². The van der Waals surface area contributed by atoms with Crippen LogP contribution in [0, 0.1) is 0 Å². The van der Waals surface area contributed by atoms with Gasteiger partial charge < -0.3 is 56.2 Å². The van der Waals surface area contributed by atoms with Crippen LogP contribution in [0.1, 0.15) is 83.2 Å². The van der Waals surface area contributed by atoms with Crippen LogP contribution in [0.5, 0.6) is 11.5 Å². The summed E-state index contributed by atoms with van der Waals surface area (Å²) in [5.41, 5.74) is 5.56. The molecule has 9 heterocycles. The van der Waals surface area contributed by atoms with Crippen molar-refractivity contribution in [2.75, 3.05) is 110 Å². The summed E-state index contributed by atoms with van der Waals surface area (Å²) >= 11 is 1.36. The molecule has 3 fully saturated rings. The number of ether oxygens (including phenoxy) is 4. The van der Waals surface area contributed by atoms with Gasteiger partial charge >= 0.3 is 18.5 Å². The molecule has 6 aromatic carbocycles. The number of carbonyl (C=O) groups is 6. The van der Waals surface area contributed by atoms with E-state index in [1.165, 1.54) is 48.2 Å². The van der Waals surface area contributed by atoms with E-state index in [9.17, 15) is 68.3 Å². The quantitative estimate of drug-likeness (QED) is 0.0555. The summed E-state index contributed by atoms with van der Waals surface area (Å²) in [5.74, 6) is -0.699. The highest BCUT2D eigenvalue weighted by Crippen LogP contribution is 2.47. The molecule has 30 heteroatoms. The standard InChI is InChI=1S/C26H27F3N4O4.C25H24F3N3O3S.C24H22F3N3O3/c1-25(2)32-20(18-6-4-16(26(27,28)29)12-22(18)37-25)14-23(34)30-17-5-3-15-11-21(24(35)31-19(15)13-17)33-7-9-36-10-8-33;26-25(27,28)17-2-4-19-15(5-10-35-22(19)13-17)12-23(32)29-18-3-1-16-11-21(24(33)30-20(16)14-18)31-6-8-34-9-7-31;1-30-12-23(13-30)11-14(16-6-5-15(24(25,26)27)10-20(16)33-23)9-22(32)29-19-4-2-3-18-17(19)7-8-21(31)28-18/h3-6,12-14,21,32H,7-11H2,1-2H3,(H,30,34)(H,31,35);1-4,12-14,21H,5-11H2,(H,29,32)(H,30,33);2-6,9-10H,7-8,11-13H2,1H3,(H,28,31)(H,29,32)/b20-14-;15-12+;14-9+. The first-order valence-electron chi connectivity index (χ1n) is 34.0. The van der Waals surface area contributed by atoms with Crippen molar-refractivity contribution in [2.24, 2.45) is 0 Å². The lowest BCUT2D eigenvalue weighted by Crippen LogP contribution is -2.64. The smallest absolute Gasteiger partial charge is 0.416 e. The number of carbonyl (C=O) groups excluding carboxylic acids is 6. The van der Waals surface area contributed by atoms with Crippen LogP contribution < -0.4 is 46.7 Å². The highest BCUT2D eigenvalue weighted by atomic mass is 32.2. The van der Waals surface area contributed by atoms with Crippen molar-refractivity contribution in [3.8, 4) is 11.5 Å². The SMILES string of the molecule is CC1(C)N/C(=C\C(=O)Nc2ccc3c(c2)NC(=O)C(N2CCOCC2)C3)c2ccc(C(F)(F)F)cc2O1.CN1CC2(C/C(=C\C(=O)Nc3cccc4c3CCC(=O)N4)c3ccc(C(F)(F)F)cc3O2)C1.O=C(/C=C1\CCSc2cc(C(F)(F)F)ccc21)Nc1ccc2c(c1)NC(=O)C(N1CCOCC1)C2. The van der Waals surface area contributed by atoms with Gasteiger partial charge in [0.15, 0.2) is 5.72 Å². The predicted octanol–water partition coefficient (Wildman–Crippen LogP) is 12.1. The summed E-state index contributed by atoms with van der Waals surface area (Å²) in [5, 5.41) is 20.2. The molecular weight excluding hydrogens is 1400 g/mol. The molecule has 15 rings (SSSR count). The maximum atomic E-state index is 13.3. The Morgan fingerprint density at radius 3 is 1.63 bits per heavy atom. The molecule has 3 saturated heterocycles. The van der Waals surface area contributed by atoms with Crippen molar-refractivity contribution < 1.29 is 87.2 Å². The highest BCUT2D eigenvalue weighted by Gasteiger charge is 2.48. The van der Waals surface area contributed by atoms with E-state index < -0.39 is 52.5 Å². The minimum absolute atomic E-state index is 0.0314. The van der Waals surface area contributed by atoms with Gasteiger partial charge in [0.1, 0.15) is 17.1 Å². The van der Waals surface area contributed by atoms with E-state index in [1.807, 2.05) is 24.1 Å². The van der Waals surface area contributed by atoms with E-state index in [-0.39, 0.29) is 53.1 Å². The van der Waals surface area contributed by atoms with Crippen LogP contribution in [0.4, 0.5) is 73.6 Å². The summed E-state index contributed by atoms with van der Waals surface area (Å²) in [6, 6.07) is 25.7. The zero-order valence-corrected chi connectivity index (χ0v) is 57.9. The van der Waals surface area contributed by atoms with E-state index in [0.29, 0.717) is 169 Å². The number of hydrogen-bond donors (Lipinski definition) is 7. The molecule has 2 atom stereocenters. The van der Waals surface area contributed by atoms with E-state index in [4.69, 9.17) is 18.9 Å². The van der Waals surface area contributed by atoms with Gasteiger partial charge in [0.05, 0.1) is 60.9 Å². The van der Waals surface area contributed by atoms with Crippen molar-refractivity contribution in [1.29, 1.82) is 0 Å². The fourth-order valence-corrected chi connectivity index (χ4v) is 15.4. The Labute approximate surface area is 601 Å². The topological polar surface area (TPSA) is 233 Å². The van der Waals surface area contributed by atoms with Gasteiger partial charge in [-0.25, -0.2) is 0 Å². The number of alkyl halides is 9. The molecule has 9 aliphatic rings. The fourth-order valence-electron chi connectivity index (χ4n) is 14.3. The lowest BCUT2D eigenvalue weighted by molar-refractivity contribution is -0.138. The maximum Gasteiger partial charge on any atom is 0.416 e. The number of nitrogens with zero attached hydrogens (tertiary/aromatic N) is 3. The molecule has 105 heavy (non-hydrogen) atoms. The lowest BCUT2D eigenvalue weighted by atomic mass is 9.81. The first-order valence-corrected chi connectivity index (χ1v) is 35.0. The average molecular weight is 1480 g/mol. The number of halogens is 9. The molecule has 0 aliphatic carbocycles. The second kappa shape index (κ2) is 29.7. The van der Waals surface area contributed by atoms with Crippen LogP contribution >= 0.6 is 11.8 Å². The number of anilines is 6. The Balaban J connectivity index is 0.000000140. The van der Waals surface area contributed by atoms with Gasteiger partial charge in [-0.1, -0.05) is 30.3 Å². The second-order valence-corrected chi connectivity index (χ2v) is 28.4. The van der Waals surface area contributed by atoms with Crippen LogP contribution in [0.25, 0.3) is 16.8 Å². The number of amides is 6. The highest BCUT2D eigenvalue weighted by molar-refractivity contribution is 7.99. The number of nitrogens with one attached hydrogen (secondary N) is 7. The maximum absolute atomic E-state index is 13.3. The van der Waals surface area contributed by atoms with Crippen molar-refractivity contribution in [3.63, 3.8) is 0 Å². The monoisotopic (exact) mass is 1480 g/mol. The van der Waals surface area contributed by atoms with Crippen LogP contribution in [-0.4, -0.2) is 152 Å². The zero-order valence-electron chi connectivity index (χ0n) is 57.0. The normalized spacial score (nSPS) is 21.5. The molecule has 0 aromatic heterocycles. The molecule has 6 amide bonds. The third-order valence-corrected chi connectivity index (χ3v) is 20.2. The lowest BCUT2D eigenvalue weighted by Gasteiger charge is -2.51. The van der Waals surface area contributed by atoms with Gasteiger partial charge in [-0.15, -0.1) is 11.8 Å². The number of thioether (sulfide) groups is 1. The number of morpholine rings is 2. The van der Waals surface area contributed by atoms with Gasteiger partial charge in [-0.05, 0) is 159 Å². The molecule has 0 saturated carbocycles. The van der Waals surface area contributed by atoms with Gasteiger partial charge in [0, 0.05) is 126 Å². The Bertz CT molecular complexity index is 4540. The third-order valence-electron chi connectivity index (χ3n) is 19.2. The Morgan fingerprint density at radius 2 is 1.07 bits per heavy atom. The Morgan fingerprint density at radius 1 is 0.552 bits per heavy atom. The van der Waals surface area contributed by atoms with E-state index in [0.717, 1.165) is 66.2 Å². The van der Waals surface area contributed by atoms with E-state index in [1.54, 1.807) is 56.3 Å². The summed E-state index contributed by atoms with van der Waals surface area (Å²) in [7, 11) is 1.91. The molecule has 0 radical (unpaired) electrons. The van der Waals surface area contributed by atoms with Gasteiger partial charge in [-0.2, -0.15) is 39.5 Å². The number of rotatable bonds is 8. The number of likely N-dealkylation sites (tertiary alicyclic amines) is 1. The summed E-state index contributed by atoms with van der Waals surface area (Å²) in [6.45, 7) is 9.70. The molecular formula is C75H73F9N10O10S. The second-order valence-electron chi connectivity index (χ2n) is 27.3. The van der Waals surface area contributed by atoms with Gasteiger partial charge in [0.2, 0.25) is 35.4 Å². The van der Waals surface area contributed by atoms with Crippen molar-refractivity contribution >= 4 is 98.2 Å². The van der Waals surface area contributed by atoms with Crippen LogP contribution in [-0.2, 0) is 76.0 Å². The summed E-state index contributed by atoms with van der Waals surface area (Å²) in [4.78, 5) is 82.4. The van der Waals surface area contributed by atoms with Gasteiger partial charge in [-0.3, -0.25) is 43.5 Å². The number of allylic oxidation sites excluding steroid dienone is 1. The number of benzene rings is 6. The van der Waals surface area contributed by atoms with Crippen molar-refractivity contribution in [1.82, 2.24) is 20.0 Å². The zero-order chi connectivity index (χ0) is 74.3. The minimum Gasteiger partial charge on any atom is -0.484 e. The predicted molar refractivity (Wildman–Crippen MR) is 376 cm³/mol. The van der Waals surface area contributed by atoms with Crippen LogP contribution in [0.3, 0.4) is 0 Å². The molecule has 9 aliphatic heterocycles. The number of fused-ring (bicyclic) bond motifs is 6. The molecule has 2 unspecified atom stereocenters. The minimum atomic E-state index is -4.52. The fraction of sp³-hybridized carbons (Fsp3) is 0.360. The first-order chi connectivity index (χ1) is 49.9. The molecule has 552 valence electrons. The Kier molecular flexibility index (Phi) is 20.8. The molecule has 0 bridgehead atoms. The number of likely N-dealkylation sites (N-methyl/N-ethyl adjacent to an activating group) is 1. The van der Waals surface area contributed by atoms with Crippen molar-refractivity contribution in [3.05, 3.63) is 177 Å². The van der Waals surface area contributed by atoms with Crippen molar-refractivity contribution in [2.45, 2.75) is 99.2 Å². The van der Waals surface area contributed by atoms with Crippen LogP contribution in [0.15, 0.2) is 132 Å². The van der Waals surface area contributed by atoms with E-state index >= 15 is 0 Å². The molecule has 1 spiro atoms. The van der Waals surface area contributed by atoms with Crippen LogP contribution in [0.2, 0.25) is 0 Å². The average Bonchev–Trinajstić information content (AvgIpc) is 0.861. The summed E-state index contributed by atoms with van der Waals surface area (Å²) < 4.78 is 141. The summed E-state index contributed by atoms with van der Waals surface area (Å²) in [6.07, 6.45) is -6.23. The molecule has 6 aromatic rings. The molecule has 7 N–H and O–H groups in total. The molecule has 20 nitrogen and oxygen atoms in total. The third kappa shape index (κ3) is 17.2. The first kappa shape index (κ1) is 73.6.